The van der Waals surface area contributed by atoms with Gasteiger partial charge in [0.15, 0.2) is 5.69 Å². The molecule has 0 fully saturated rings. The first-order chi connectivity index (χ1) is 8.00. The largest absolute Gasteiger partial charge is 0.421 e. The molecule has 0 aliphatic carbocycles. The van der Waals surface area contributed by atoms with Crippen LogP contribution in [0.2, 0.25) is 0 Å². The number of carbonyl (C=O) groups is 1. The first-order valence-electron chi connectivity index (χ1n) is 4.61. The Labute approximate surface area is 93.8 Å². The lowest BCUT2D eigenvalue weighted by Gasteiger charge is -2.04. The average molecular weight is 241 g/mol. The zero-order chi connectivity index (χ0) is 12.5. The van der Waals surface area contributed by atoms with Crippen molar-refractivity contribution >= 4 is 5.78 Å². The van der Waals surface area contributed by atoms with Crippen molar-refractivity contribution in [3.05, 3.63) is 53.4 Å². The molecular weight excluding hydrogens is 235 g/mol. The number of aromatic nitrogens is 1. The number of hydrogen-bond acceptors (Lipinski definition) is 3. The molecule has 0 saturated carbocycles. The molecule has 1 aromatic carbocycles. The number of alkyl halides is 3. The Morgan fingerprint density at radius 1 is 1.18 bits per heavy atom. The molecule has 0 spiro atoms. The van der Waals surface area contributed by atoms with Crippen LogP contribution in [0, 0.1) is 0 Å². The highest BCUT2D eigenvalue weighted by molar-refractivity contribution is 6.08. The predicted molar refractivity (Wildman–Crippen MR) is 51.4 cm³/mol. The van der Waals surface area contributed by atoms with Gasteiger partial charge in [-0.2, -0.15) is 13.2 Å². The maximum absolute atomic E-state index is 12.5. The number of ketones is 1. The molecule has 0 aliphatic rings. The Kier molecular flexibility index (Phi) is 2.71. The summed E-state index contributed by atoms with van der Waals surface area (Å²) >= 11 is 0. The van der Waals surface area contributed by atoms with E-state index < -0.39 is 23.2 Å². The van der Waals surface area contributed by atoms with Crippen molar-refractivity contribution in [1.29, 1.82) is 0 Å². The molecule has 6 heteroatoms. The maximum Gasteiger partial charge on any atom is 0.421 e. The van der Waals surface area contributed by atoms with E-state index in [0.29, 0.717) is 6.26 Å². The lowest BCUT2D eigenvalue weighted by Crippen LogP contribution is -2.12. The molecule has 0 atom stereocenters. The lowest BCUT2D eigenvalue weighted by molar-refractivity contribution is -0.138. The van der Waals surface area contributed by atoms with Crippen molar-refractivity contribution in [3.8, 4) is 0 Å². The molecule has 0 aliphatic heterocycles. The highest BCUT2D eigenvalue weighted by atomic mass is 19.4. The molecule has 1 heterocycles. The monoisotopic (exact) mass is 241 g/mol. The standard InChI is InChI=1S/C11H6F3NO2/c12-11(13,14)8-6-17-15-9(8)10(16)7-4-2-1-3-5-7/h1-6H. The van der Waals surface area contributed by atoms with Gasteiger partial charge in [0.2, 0.25) is 5.78 Å². The third-order valence-electron chi connectivity index (χ3n) is 2.13. The van der Waals surface area contributed by atoms with Crippen LogP contribution >= 0.6 is 0 Å². The summed E-state index contributed by atoms with van der Waals surface area (Å²) in [6.07, 6.45) is -4.23. The first kappa shape index (κ1) is 11.4. The van der Waals surface area contributed by atoms with Crippen LogP contribution in [0.5, 0.6) is 0 Å². The molecule has 2 rings (SSSR count). The van der Waals surface area contributed by atoms with Gasteiger partial charge in [-0.3, -0.25) is 4.79 Å². The van der Waals surface area contributed by atoms with E-state index >= 15 is 0 Å². The van der Waals surface area contributed by atoms with Crippen molar-refractivity contribution in [1.82, 2.24) is 5.16 Å². The van der Waals surface area contributed by atoms with Gasteiger partial charge in [0.1, 0.15) is 11.8 Å². The number of benzene rings is 1. The van der Waals surface area contributed by atoms with E-state index in [1.54, 1.807) is 18.2 Å². The fourth-order valence-electron chi connectivity index (χ4n) is 1.33. The molecular formula is C11H6F3NO2. The van der Waals surface area contributed by atoms with Crippen LogP contribution in [0.15, 0.2) is 41.1 Å². The van der Waals surface area contributed by atoms with Crippen molar-refractivity contribution < 1.29 is 22.5 Å². The number of halogens is 3. The topological polar surface area (TPSA) is 43.1 Å². The minimum atomic E-state index is -4.65. The quantitative estimate of drug-likeness (QED) is 0.759. The van der Waals surface area contributed by atoms with Crippen LogP contribution in [0.3, 0.4) is 0 Å². The summed E-state index contributed by atoms with van der Waals surface area (Å²) in [4.78, 5) is 11.8. The van der Waals surface area contributed by atoms with Gasteiger partial charge < -0.3 is 4.52 Å². The molecule has 2 aromatic rings. The van der Waals surface area contributed by atoms with E-state index in [1.807, 2.05) is 0 Å². The van der Waals surface area contributed by atoms with Gasteiger partial charge in [-0.15, -0.1) is 0 Å². The zero-order valence-corrected chi connectivity index (χ0v) is 8.36. The number of carbonyl (C=O) groups excluding carboxylic acids is 1. The molecule has 3 nitrogen and oxygen atoms in total. The highest BCUT2D eigenvalue weighted by Crippen LogP contribution is 2.32. The average Bonchev–Trinajstić information content (AvgIpc) is 2.78. The van der Waals surface area contributed by atoms with Gasteiger partial charge in [0.25, 0.3) is 0 Å². The first-order valence-corrected chi connectivity index (χ1v) is 4.61. The fourth-order valence-corrected chi connectivity index (χ4v) is 1.33. The molecule has 0 saturated heterocycles. The highest BCUT2D eigenvalue weighted by Gasteiger charge is 2.38. The van der Waals surface area contributed by atoms with Crippen molar-refractivity contribution in [3.63, 3.8) is 0 Å². The molecule has 1 aromatic heterocycles. The van der Waals surface area contributed by atoms with Gasteiger partial charge in [-0.05, 0) is 0 Å². The molecule has 0 unspecified atom stereocenters. The Hall–Kier alpha value is -2.11. The Bertz CT molecular complexity index is 531. The zero-order valence-electron chi connectivity index (χ0n) is 8.36. The number of hydrogen-bond donors (Lipinski definition) is 0. The van der Waals surface area contributed by atoms with Crippen LogP contribution < -0.4 is 0 Å². The minimum absolute atomic E-state index is 0.131. The Morgan fingerprint density at radius 2 is 1.82 bits per heavy atom. The van der Waals surface area contributed by atoms with Crippen molar-refractivity contribution in [2.24, 2.45) is 0 Å². The summed E-state index contributed by atoms with van der Waals surface area (Å²) in [5.74, 6) is -0.813. The third-order valence-corrected chi connectivity index (χ3v) is 2.13. The van der Waals surface area contributed by atoms with E-state index in [1.165, 1.54) is 12.1 Å². The summed E-state index contributed by atoms with van der Waals surface area (Å²) in [6, 6.07) is 7.60. The van der Waals surface area contributed by atoms with E-state index in [2.05, 4.69) is 9.68 Å². The molecule has 0 bridgehead atoms. The SMILES string of the molecule is O=C(c1ccccc1)c1nocc1C(F)(F)F. The van der Waals surface area contributed by atoms with Gasteiger partial charge in [0.05, 0.1) is 0 Å². The predicted octanol–water partition coefficient (Wildman–Crippen LogP) is 2.92. The summed E-state index contributed by atoms with van der Waals surface area (Å²) in [6.45, 7) is 0. The van der Waals surface area contributed by atoms with Gasteiger partial charge in [-0.25, -0.2) is 0 Å². The van der Waals surface area contributed by atoms with E-state index in [0.717, 1.165) is 0 Å². The van der Waals surface area contributed by atoms with E-state index in [9.17, 15) is 18.0 Å². The summed E-state index contributed by atoms with van der Waals surface area (Å²) in [5.41, 5.74) is -1.75. The second-order valence-corrected chi connectivity index (χ2v) is 3.27. The summed E-state index contributed by atoms with van der Waals surface area (Å²) < 4.78 is 41.7. The minimum Gasteiger partial charge on any atom is -0.363 e. The van der Waals surface area contributed by atoms with Crippen LogP contribution in [0.4, 0.5) is 13.2 Å². The van der Waals surface area contributed by atoms with Gasteiger partial charge >= 0.3 is 6.18 Å². The van der Waals surface area contributed by atoms with Crippen LogP contribution in [0.25, 0.3) is 0 Å². The fraction of sp³-hybridized carbons (Fsp3) is 0.0909. The normalized spacial score (nSPS) is 11.5. The maximum atomic E-state index is 12.5. The molecule has 88 valence electrons. The molecule has 0 N–H and O–H groups in total. The van der Waals surface area contributed by atoms with Crippen LogP contribution in [0.1, 0.15) is 21.6 Å². The second-order valence-electron chi connectivity index (χ2n) is 3.27. The molecule has 17 heavy (non-hydrogen) atoms. The Balaban J connectivity index is 2.43. The smallest absolute Gasteiger partial charge is 0.363 e. The Morgan fingerprint density at radius 3 is 2.41 bits per heavy atom. The van der Waals surface area contributed by atoms with E-state index in [4.69, 9.17) is 0 Å². The third kappa shape index (κ3) is 2.20. The number of rotatable bonds is 2. The lowest BCUT2D eigenvalue weighted by atomic mass is 10.1. The summed E-state index contributed by atoms with van der Waals surface area (Å²) in [5, 5.41) is 3.11. The van der Waals surface area contributed by atoms with Crippen LogP contribution in [-0.2, 0) is 6.18 Å². The van der Waals surface area contributed by atoms with Crippen molar-refractivity contribution in [2.75, 3.05) is 0 Å². The summed E-state index contributed by atoms with van der Waals surface area (Å²) in [7, 11) is 0. The number of nitrogens with zero attached hydrogens (tertiary/aromatic N) is 1. The molecule has 0 amide bonds. The van der Waals surface area contributed by atoms with Crippen LogP contribution in [-0.4, -0.2) is 10.9 Å². The van der Waals surface area contributed by atoms with Gasteiger partial charge in [-0.1, -0.05) is 35.5 Å². The van der Waals surface area contributed by atoms with Crippen molar-refractivity contribution in [2.45, 2.75) is 6.18 Å². The van der Waals surface area contributed by atoms with Gasteiger partial charge in [0, 0.05) is 5.56 Å². The van der Waals surface area contributed by atoms with E-state index in [-0.39, 0.29) is 5.56 Å². The second kappa shape index (κ2) is 4.04. The molecule has 0 radical (unpaired) electrons.